The van der Waals surface area contributed by atoms with Crippen LogP contribution >= 0.6 is 0 Å². The Hall–Kier alpha value is -8.92. The van der Waals surface area contributed by atoms with E-state index in [9.17, 15) is 72.9 Å². The summed E-state index contributed by atoms with van der Waals surface area (Å²) < 4.78 is 0. The molecule has 3 amide bonds. The maximum Gasteiger partial charge on any atom is 0.303 e. The lowest BCUT2D eigenvalue weighted by Crippen LogP contribution is -2.61. The van der Waals surface area contributed by atoms with E-state index < -0.39 is 88.4 Å². The number of unbranched alkanes of at least 4 members (excludes halogenated alkanes) is 4. The van der Waals surface area contributed by atoms with E-state index in [-0.39, 0.29) is 97.0 Å². The number of carboxylic acid groups (broad SMARTS) is 1. The molecule has 0 saturated carbocycles. The minimum Gasteiger partial charge on any atom is -0.508 e. The zero-order valence-electron chi connectivity index (χ0n) is 64.9. The molecule has 1 aromatic heterocycles. The highest BCUT2D eigenvalue weighted by Gasteiger charge is 2.41. The molecule has 25 heteroatoms. The zero-order valence-corrected chi connectivity index (χ0v) is 64.9. The Kier molecular flexibility index (Phi) is 44.7. The van der Waals surface area contributed by atoms with Gasteiger partial charge in [0.2, 0.25) is 40.9 Å². The monoisotopic (exact) mass is 1470 g/mol. The standard InChI is InChI=1S/C47H73N5O7.C26H30N4O6.C5H11NO.C3H6O/c1-11-38(29-32(2)3)44(58)51-47(10,36(8)55)28-24-19-17-15-13-12-14-16-18-23-27-46(9,35(7)54)50-39(30-33(4)5)42(56)43(57)41(34(6)53)49-45(59)40(52-48)31-37-25-21-20-22-26-37;1-15(31)22(13-17-14-28-20-5-3-2-4-19(17)20)29-21(10-11-24(33)34)25(35)26(36)23(30-27)12-16-6-8-18(32)9-7-16;1-3-4(2)5(6)7;1-3(2)4/h20-22,25-26,32-34,38-41,50,52-53H,11,16-19,23-24,27-31,48H2,1-10H3,(H,49,59)(H,51,58);2-9,14,21-23,28-30,32H,10-13,27H2,1H3,(H,33,34);4H,3H2,1-2H3,(H2,6,7);1-2H3/t34-,38+,39+,40+,41+,46-,47+;21-,22-,23-;4-;/m100./s1. The summed E-state index contributed by atoms with van der Waals surface area (Å²) in [4.78, 5) is 152. The van der Waals surface area contributed by atoms with Crippen LogP contribution in [-0.2, 0) is 76.8 Å². The fourth-order valence-corrected chi connectivity index (χ4v) is 11.1. The van der Waals surface area contributed by atoms with Crippen LogP contribution in [0, 0.1) is 47.4 Å². The molecule has 1 heterocycles. The maximum absolute atomic E-state index is 13.8. The lowest BCUT2D eigenvalue weighted by molar-refractivity contribution is -0.142. The van der Waals surface area contributed by atoms with Crippen molar-refractivity contribution in [3.05, 3.63) is 102 Å². The molecule has 4 rings (SSSR count). The number of aliphatic hydroxyl groups excluding tert-OH is 1. The van der Waals surface area contributed by atoms with E-state index in [1.165, 1.54) is 53.7 Å². The summed E-state index contributed by atoms with van der Waals surface area (Å²) in [5.74, 6) is 17.6. The third-order valence-corrected chi connectivity index (χ3v) is 18.1. The Morgan fingerprint density at radius 2 is 1.08 bits per heavy atom. The molecule has 106 heavy (non-hydrogen) atoms. The molecule has 0 aliphatic carbocycles. The molecular formula is C81H120N10O15. The van der Waals surface area contributed by atoms with Crippen molar-refractivity contribution in [3.63, 3.8) is 0 Å². The number of aliphatic carboxylic acids is 1. The van der Waals surface area contributed by atoms with Gasteiger partial charge in [0.05, 0.1) is 41.3 Å². The fraction of sp³-hybridized carbons (Fsp3) is 0.556. The van der Waals surface area contributed by atoms with Crippen molar-refractivity contribution in [2.75, 3.05) is 0 Å². The van der Waals surface area contributed by atoms with Crippen molar-refractivity contribution in [2.24, 2.45) is 41.1 Å². The van der Waals surface area contributed by atoms with Crippen LogP contribution in [0.5, 0.6) is 5.75 Å². The zero-order chi connectivity index (χ0) is 80.4. The highest BCUT2D eigenvalue weighted by atomic mass is 16.4. The molecule has 16 N–H and O–H groups in total. The molecule has 0 fully saturated rings. The van der Waals surface area contributed by atoms with Crippen LogP contribution in [0.2, 0.25) is 0 Å². The van der Waals surface area contributed by atoms with Crippen LogP contribution in [0.3, 0.4) is 0 Å². The molecule has 0 aliphatic rings. The Morgan fingerprint density at radius 3 is 1.55 bits per heavy atom. The minimum atomic E-state index is -1.52. The SMILES string of the molecule is CC(=O)[C@H](Cc1c[nH]c2ccccc12)N[C@@H](CCC(=O)O)C(=O)C(=O)[C@H](Cc1ccc(O)cc1)NN.CC(C)=O.CC[C@@H](CC(C)C)C(=O)N[C@@](C)(CCCCC#CC#CCCCC[C@@](C)(N[C@@H](CC(C)C)C(=O)C(=O)[C@@H](NC(=O)[C@H](Cc1ccccc1)NN)[C@@H](C)O)C(C)=O)C(C)=O.CC[C@H](C)C(N)=O. The van der Waals surface area contributed by atoms with Gasteiger partial charge in [0.15, 0.2) is 5.78 Å². The summed E-state index contributed by atoms with van der Waals surface area (Å²) in [5.41, 5.74) is 10.9. The number of primary amides is 1. The van der Waals surface area contributed by atoms with Crippen molar-refractivity contribution in [1.29, 1.82) is 0 Å². The van der Waals surface area contributed by atoms with E-state index in [1.807, 2.05) is 89.2 Å². The Balaban J connectivity index is 0.00000100. The summed E-state index contributed by atoms with van der Waals surface area (Å²) in [6.45, 7) is 26.0. The number of carbonyl (C=O) groups is 12. The van der Waals surface area contributed by atoms with Crippen molar-refractivity contribution in [2.45, 2.75) is 266 Å². The van der Waals surface area contributed by atoms with Crippen LogP contribution in [0.25, 0.3) is 10.9 Å². The number of fused-ring (bicyclic) bond motifs is 1. The third kappa shape index (κ3) is 35.9. The molecule has 584 valence electrons. The summed E-state index contributed by atoms with van der Waals surface area (Å²) in [5, 5.41) is 41.8. The van der Waals surface area contributed by atoms with E-state index in [1.54, 1.807) is 32.2 Å². The minimum absolute atomic E-state index is 0.0189. The van der Waals surface area contributed by atoms with Crippen LogP contribution < -0.4 is 49.5 Å². The van der Waals surface area contributed by atoms with Crippen LogP contribution in [0.15, 0.2) is 85.1 Å². The number of aromatic nitrogens is 1. The molecule has 0 radical (unpaired) electrons. The number of nitrogens with one attached hydrogen (secondary N) is 7. The van der Waals surface area contributed by atoms with E-state index in [4.69, 9.17) is 17.4 Å². The summed E-state index contributed by atoms with van der Waals surface area (Å²) in [7, 11) is 0. The molecule has 0 aliphatic heterocycles. The van der Waals surface area contributed by atoms with Gasteiger partial charge in [-0.25, -0.2) is 10.9 Å². The first kappa shape index (κ1) is 95.1. The number of phenols is 1. The number of rotatable bonds is 44. The highest BCUT2D eigenvalue weighted by molar-refractivity contribution is 6.42. The number of hydrogen-bond donors (Lipinski definition) is 13. The number of amides is 3. The van der Waals surface area contributed by atoms with Gasteiger partial charge in [-0.1, -0.05) is 127 Å². The van der Waals surface area contributed by atoms with Gasteiger partial charge in [0.25, 0.3) is 0 Å². The number of aromatic hydroxyl groups is 1. The lowest BCUT2D eigenvalue weighted by atomic mass is 9.86. The van der Waals surface area contributed by atoms with E-state index in [0.29, 0.717) is 50.0 Å². The van der Waals surface area contributed by atoms with Gasteiger partial charge in [-0.15, -0.1) is 0 Å². The average Bonchev–Trinajstić information content (AvgIpc) is 1.31. The van der Waals surface area contributed by atoms with Gasteiger partial charge >= 0.3 is 5.97 Å². The van der Waals surface area contributed by atoms with Crippen molar-refractivity contribution >= 4 is 80.9 Å². The Morgan fingerprint density at radius 1 is 0.575 bits per heavy atom. The number of hydrogen-bond acceptors (Lipinski definition) is 20. The second-order valence-electron chi connectivity index (χ2n) is 28.5. The maximum atomic E-state index is 13.8. The first-order valence-electron chi connectivity index (χ1n) is 36.6. The topological polar surface area (TPSA) is 432 Å². The van der Waals surface area contributed by atoms with Gasteiger partial charge in [-0.2, -0.15) is 0 Å². The molecule has 4 aromatic rings. The predicted octanol–water partition coefficient (Wildman–Crippen LogP) is 7.60. The van der Waals surface area contributed by atoms with Gasteiger partial charge in [0, 0.05) is 48.2 Å². The number of aromatic amines is 1. The fourth-order valence-electron chi connectivity index (χ4n) is 11.1. The number of benzene rings is 3. The van der Waals surface area contributed by atoms with Crippen molar-refractivity contribution in [1.82, 2.24) is 37.1 Å². The molecular weight excluding hydrogens is 1350 g/mol. The number of aliphatic hydroxyl groups is 1. The van der Waals surface area contributed by atoms with Gasteiger partial charge in [0.1, 0.15) is 35.2 Å². The second kappa shape index (κ2) is 49.8. The molecule has 25 nitrogen and oxygen atoms in total. The van der Waals surface area contributed by atoms with E-state index in [0.717, 1.165) is 54.1 Å². The molecule has 3 aromatic carbocycles. The molecule has 0 saturated heterocycles. The highest BCUT2D eigenvalue weighted by Crippen LogP contribution is 2.25. The van der Waals surface area contributed by atoms with Crippen LogP contribution in [0.1, 0.15) is 210 Å². The molecule has 0 spiro atoms. The van der Waals surface area contributed by atoms with Crippen LogP contribution in [-0.4, -0.2) is 144 Å². The van der Waals surface area contributed by atoms with E-state index in [2.05, 4.69) is 74.6 Å². The molecule has 0 bridgehead atoms. The number of phenolic OH excluding ortho intramolecular Hbond substituents is 1. The summed E-state index contributed by atoms with van der Waals surface area (Å²) in [6.07, 6.45) is 7.94. The van der Waals surface area contributed by atoms with Crippen LogP contribution in [0.4, 0.5) is 0 Å². The second-order valence-corrected chi connectivity index (χ2v) is 28.5. The first-order chi connectivity index (χ1) is 49.8. The quantitative estimate of drug-likeness (QED) is 0.00666. The number of carbonyl (C=O) groups excluding carboxylic acids is 11. The van der Waals surface area contributed by atoms with E-state index >= 15 is 0 Å². The third-order valence-electron chi connectivity index (χ3n) is 18.1. The number of carboxylic acids is 1. The lowest BCUT2D eigenvalue weighted by Gasteiger charge is -2.34. The predicted molar refractivity (Wildman–Crippen MR) is 412 cm³/mol. The summed E-state index contributed by atoms with van der Waals surface area (Å²) in [6, 6.07) is 16.3. The largest absolute Gasteiger partial charge is 0.508 e. The number of hydrazine groups is 2. The van der Waals surface area contributed by atoms with Crippen molar-refractivity contribution in [3.8, 4) is 29.4 Å². The number of nitrogens with two attached hydrogens (primary N) is 3. The smallest absolute Gasteiger partial charge is 0.303 e. The van der Waals surface area contributed by atoms with Gasteiger partial charge in [-0.3, -0.25) is 75.1 Å². The first-order valence-corrected chi connectivity index (χ1v) is 36.6. The number of ketones is 8. The summed E-state index contributed by atoms with van der Waals surface area (Å²) >= 11 is 0. The van der Waals surface area contributed by atoms with Gasteiger partial charge < -0.3 is 41.5 Å². The Labute approximate surface area is 626 Å². The number of para-hydroxylation sites is 1. The Bertz CT molecular complexity index is 3620. The normalized spacial score (nSPS) is 14.6. The average molecular weight is 1470 g/mol. The molecule has 0 unspecified atom stereocenters. The van der Waals surface area contributed by atoms with Crippen molar-refractivity contribution < 1.29 is 72.9 Å². The van der Waals surface area contributed by atoms with Gasteiger partial charge in [-0.05, 0) is 197 Å². The number of H-pyrrole nitrogens is 1. The number of Topliss-reactive ketones (excluding diaryl/α,β-unsaturated/α-hetero) is 8. The molecule has 11 atom stereocenters.